The molecule has 0 unspecified atom stereocenters. The van der Waals surface area contributed by atoms with E-state index < -0.39 is 5.91 Å². The van der Waals surface area contributed by atoms with Gasteiger partial charge in [-0.3, -0.25) is 4.79 Å². The predicted molar refractivity (Wildman–Crippen MR) is 86.5 cm³/mol. The predicted octanol–water partition coefficient (Wildman–Crippen LogP) is 3.66. The highest BCUT2D eigenvalue weighted by molar-refractivity contribution is 14.1. The molecule has 2 aromatic rings. The standard InChI is InChI=1S/C14H12ClIN2O/c15-12-7-11(16)4-5-13(12)18-8-9-2-1-3-10(6-9)14(17)19/h1-7,18H,8H2,(H2,17,19). The van der Waals surface area contributed by atoms with E-state index in [9.17, 15) is 4.79 Å². The molecule has 3 nitrogen and oxygen atoms in total. The lowest BCUT2D eigenvalue weighted by molar-refractivity contribution is 0.1000. The Labute approximate surface area is 130 Å². The molecule has 0 aliphatic heterocycles. The van der Waals surface area contributed by atoms with Gasteiger partial charge in [0, 0.05) is 15.7 Å². The lowest BCUT2D eigenvalue weighted by atomic mass is 10.1. The second-order valence-corrected chi connectivity index (χ2v) is 5.70. The summed E-state index contributed by atoms with van der Waals surface area (Å²) in [4.78, 5) is 11.1. The fraction of sp³-hybridized carbons (Fsp3) is 0.0714. The Bertz CT molecular complexity index is 616. The molecule has 2 rings (SSSR count). The second kappa shape index (κ2) is 6.25. The summed E-state index contributed by atoms with van der Waals surface area (Å²) in [5.41, 5.74) is 7.60. The minimum absolute atomic E-state index is 0.422. The van der Waals surface area contributed by atoms with Crippen LogP contribution < -0.4 is 11.1 Å². The number of primary amides is 1. The quantitative estimate of drug-likeness (QED) is 0.788. The van der Waals surface area contributed by atoms with Gasteiger partial charge in [-0.05, 0) is 58.5 Å². The zero-order valence-corrected chi connectivity index (χ0v) is 12.9. The van der Waals surface area contributed by atoms with Crippen LogP contribution >= 0.6 is 34.2 Å². The highest BCUT2D eigenvalue weighted by Crippen LogP contribution is 2.24. The Hall–Kier alpha value is -1.27. The molecule has 0 radical (unpaired) electrons. The molecule has 0 heterocycles. The molecular formula is C14H12ClIN2O. The molecule has 0 bridgehead atoms. The van der Waals surface area contributed by atoms with Crippen LogP contribution in [-0.4, -0.2) is 5.91 Å². The molecule has 3 N–H and O–H groups in total. The maximum atomic E-state index is 11.1. The molecule has 2 aromatic carbocycles. The number of hydrogen-bond acceptors (Lipinski definition) is 2. The van der Waals surface area contributed by atoms with Crippen LogP contribution in [0.5, 0.6) is 0 Å². The van der Waals surface area contributed by atoms with E-state index in [-0.39, 0.29) is 0 Å². The van der Waals surface area contributed by atoms with Crippen molar-refractivity contribution in [3.63, 3.8) is 0 Å². The molecular weight excluding hydrogens is 375 g/mol. The van der Waals surface area contributed by atoms with Crippen molar-refractivity contribution in [1.29, 1.82) is 0 Å². The summed E-state index contributed by atoms with van der Waals surface area (Å²) in [7, 11) is 0. The van der Waals surface area contributed by atoms with Gasteiger partial charge in [0.15, 0.2) is 0 Å². The van der Waals surface area contributed by atoms with Gasteiger partial charge >= 0.3 is 0 Å². The first-order valence-electron chi connectivity index (χ1n) is 5.64. The SMILES string of the molecule is NC(=O)c1cccc(CNc2ccc(I)cc2Cl)c1. The number of anilines is 1. The maximum absolute atomic E-state index is 11.1. The number of benzene rings is 2. The van der Waals surface area contributed by atoms with E-state index in [1.807, 2.05) is 30.3 Å². The van der Waals surface area contributed by atoms with Crippen molar-refractivity contribution in [3.05, 3.63) is 62.2 Å². The highest BCUT2D eigenvalue weighted by atomic mass is 127. The Morgan fingerprint density at radius 1 is 1.26 bits per heavy atom. The topological polar surface area (TPSA) is 55.1 Å². The smallest absolute Gasteiger partial charge is 0.248 e. The zero-order chi connectivity index (χ0) is 13.8. The van der Waals surface area contributed by atoms with Crippen LogP contribution in [0.2, 0.25) is 5.02 Å². The fourth-order valence-electron chi connectivity index (χ4n) is 1.66. The Balaban J connectivity index is 2.10. The van der Waals surface area contributed by atoms with Crippen LogP contribution in [0.25, 0.3) is 0 Å². The summed E-state index contributed by atoms with van der Waals surface area (Å²) >= 11 is 8.35. The summed E-state index contributed by atoms with van der Waals surface area (Å²) in [6.45, 7) is 0.585. The van der Waals surface area contributed by atoms with Crippen molar-refractivity contribution in [3.8, 4) is 0 Å². The third kappa shape index (κ3) is 3.84. The van der Waals surface area contributed by atoms with E-state index in [1.54, 1.807) is 12.1 Å². The van der Waals surface area contributed by atoms with Gasteiger partial charge in [-0.1, -0.05) is 23.7 Å². The Morgan fingerprint density at radius 2 is 2.05 bits per heavy atom. The van der Waals surface area contributed by atoms with Crippen LogP contribution in [0, 0.1) is 3.57 Å². The Morgan fingerprint density at radius 3 is 2.74 bits per heavy atom. The molecule has 0 aromatic heterocycles. The van der Waals surface area contributed by atoms with Crippen LogP contribution in [0.1, 0.15) is 15.9 Å². The molecule has 19 heavy (non-hydrogen) atoms. The second-order valence-electron chi connectivity index (χ2n) is 4.04. The van der Waals surface area contributed by atoms with Gasteiger partial charge in [-0.25, -0.2) is 0 Å². The monoisotopic (exact) mass is 386 g/mol. The largest absolute Gasteiger partial charge is 0.380 e. The van der Waals surface area contributed by atoms with Crippen LogP contribution in [0.15, 0.2) is 42.5 Å². The van der Waals surface area contributed by atoms with Gasteiger partial charge in [-0.2, -0.15) is 0 Å². The van der Waals surface area contributed by atoms with Gasteiger partial charge < -0.3 is 11.1 Å². The molecule has 0 aliphatic carbocycles. The zero-order valence-electron chi connectivity index (χ0n) is 9.99. The van der Waals surface area contributed by atoms with Crippen LogP contribution in [0.4, 0.5) is 5.69 Å². The van der Waals surface area contributed by atoms with E-state index in [4.69, 9.17) is 17.3 Å². The number of nitrogens with one attached hydrogen (secondary N) is 1. The van der Waals surface area contributed by atoms with E-state index in [1.165, 1.54) is 0 Å². The molecule has 5 heteroatoms. The van der Waals surface area contributed by atoms with Crippen molar-refractivity contribution in [1.82, 2.24) is 0 Å². The first-order valence-corrected chi connectivity index (χ1v) is 7.09. The molecule has 0 atom stereocenters. The molecule has 98 valence electrons. The number of carbonyl (C=O) groups is 1. The van der Waals surface area contributed by atoms with Crippen LogP contribution in [-0.2, 0) is 6.54 Å². The highest BCUT2D eigenvalue weighted by Gasteiger charge is 2.03. The van der Waals surface area contributed by atoms with Gasteiger partial charge in [0.1, 0.15) is 0 Å². The average Bonchev–Trinajstić information content (AvgIpc) is 2.38. The summed E-state index contributed by atoms with van der Waals surface area (Å²) < 4.78 is 1.09. The van der Waals surface area contributed by atoms with E-state index in [0.29, 0.717) is 17.1 Å². The lowest BCUT2D eigenvalue weighted by Crippen LogP contribution is -2.11. The normalized spacial score (nSPS) is 10.2. The summed E-state index contributed by atoms with van der Waals surface area (Å²) in [5.74, 6) is -0.422. The first kappa shape index (κ1) is 14.1. The van der Waals surface area contributed by atoms with Gasteiger partial charge in [0.25, 0.3) is 0 Å². The molecule has 0 saturated heterocycles. The van der Waals surface area contributed by atoms with E-state index >= 15 is 0 Å². The summed E-state index contributed by atoms with van der Waals surface area (Å²) in [6.07, 6.45) is 0. The summed E-state index contributed by atoms with van der Waals surface area (Å²) in [5, 5.41) is 3.91. The summed E-state index contributed by atoms with van der Waals surface area (Å²) in [6, 6.07) is 13.0. The van der Waals surface area contributed by atoms with Gasteiger partial charge in [0.05, 0.1) is 10.7 Å². The number of nitrogens with two attached hydrogens (primary N) is 1. The van der Waals surface area contributed by atoms with Crippen molar-refractivity contribution < 1.29 is 4.79 Å². The average molecular weight is 387 g/mol. The van der Waals surface area contributed by atoms with E-state index in [0.717, 1.165) is 14.8 Å². The van der Waals surface area contributed by atoms with Crippen LogP contribution in [0.3, 0.4) is 0 Å². The minimum atomic E-state index is -0.422. The van der Waals surface area contributed by atoms with Crippen molar-refractivity contribution in [2.75, 3.05) is 5.32 Å². The number of hydrogen-bond donors (Lipinski definition) is 2. The Kier molecular flexibility index (Phi) is 4.66. The maximum Gasteiger partial charge on any atom is 0.248 e. The minimum Gasteiger partial charge on any atom is -0.380 e. The van der Waals surface area contributed by atoms with E-state index in [2.05, 4.69) is 27.9 Å². The first-order chi connectivity index (χ1) is 9.06. The number of rotatable bonds is 4. The van der Waals surface area contributed by atoms with Crippen molar-refractivity contribution in [2.24, 2.45) is 5.73 Å². The van der Waals surface area contributed by atoms with Gasteiger partial charge in [0.2, 0.25) is 5.91 Å². The molecule has 0 fully saturated rings. The number of amides is 1. The molecule has 0 aliphatic rings. The molecule has 0 saturated carbocycles. The third-order valence-corrected chi connectivity index (χ3v) is 3.61. The van der Waals surface area contributed by atoms with Crippen molar-refractivity contribution >= 4 is 45.8 Å². The van der Waals surface area contributed by atoms with Crippen molar-refractivity contribution in [2.45, 2.75) is 6.54 Å². The molecule has 0 spiro atoms. The third-order valence-electron chi connectivity index (χ3n) is 2.63. The lowest BCUT2D eigenvalue weighted by Gasteiger charge is -2.09. The van der Waals surface area contributed by atoms with Gasteiger partial charge in [-0.15, -0.1) is 0 Å². The number of halogens is 2. The number of carbonyl (C=O) groups excluding carboxylic acids is 1. The molecule has 1 amide bonds. The fourth-order valence-corrected chi connectivity index (χ4v) is 2.59.